The van der Waals surface area contributed by atoms with Crippen molar-refractivity contribution in [3.05, 3.63) is 38.4 Å². The number of nitrogens with zero attached hydrogens (tertiary/aromatic N) is 2. The molecule has 12 heteroatoms. The molecule has 1 aromatic rings. The Bertz CT molecular complexity index is 587. The van der Waals surface area contributed by atoms with Crippen molar-refractivity contribution in [2.24, 2.45) is 0 Å². The Morgan fingerprint density at radius 1 is 1.11 bits per heavy atom. The maximum Gasteiger partial charge on any atom is 1.00 e. The van der Waals surface area contributed by atoms with Gasteiger partial charge in [-0.2, -0.15) is 0 Å². The number of nitro groups is 2. The Morgan fingerprint density at radius 3 is 2.06 bits per heavy atom. The van der Waals surface area contributed by atoms with Crippen LogP contribution in [0.4, 0.5) is 17.1 Å². The molecular weight excluding hydrogens is 281 g/mol. The summed E-state index contributed by atoms with van der Waals surface area (Å²) in [6.07, 6.45) is 0. The molecule has 92 valence electrons. The first-order chi connectivity index (χ1) is 7.70. The minimum atomic E-state index is -4.94. The van der Waals surface area contributed by atoms with E-state index in [0.29, 0.717) is 6.07 Å². The van der Waals surface area contributed by atoms with Gasteiger partial charge in [0.25, 0.3) is 11.4 Å². The van der Waals surface area contributed by atoms with Gasteiger partial charge in [-0.1, -0.05) is 0 Å². The van der Waals surface area contributed by atoms with Crippen molar-refractivity contribution in [3.63, 3.8) is 0 Å². The Morgan fingerprint density at radius 2 is 1.67 bits per heavy atom. The van der Waals surface area contributed by atoms with Gasteiger partial charge in [0.2, 0.25) is 0 Å². The second kappa shape index (κ2) is 6.06. The summed E-state index contributed by atoms with van der Waals surface area (Å²) < 4.78 is 32.5. The number of anilines is 1. The van der Waals surface area contributed by atoms with Crippen molar-refractivity contribution in [3.8, 4) is 0 Å². The van der Waals surface area contributed by atoms with E-state index in [4.69, 9.17) is 0 Å². The van der Waals surface area contributed by atoms with E-state index in [1.165, 1.54) is 4.72 Å². The normalized spacial score (nSPS) is 10.3. The topological polar surface area (TPSA) is 156 Å². The van der Waals surface area contributed by atoms with Gasteiger partial charge in [0.15, 0.2) is 10.3 Å². The van der Waals surface area contributed by atoms with Crippen LogP contribution in [-0.4, -0.2) is 22.8 Å². The van der Waals surface area contributed by atoms with E-state index in [1.54, 1.807) is 0 Å². The minimum absolute atomic E-state index is 0. The van der Waals surface area contributed by atoms with Gasteiger partial charge in [-0.15, -0.1) is 0 Å². The zero-order valence-electron chi connectivity index (χ0n) is 8.89. The molecule has 0 aliphatic carbocycles. The van der Waals surface area contributed by atoms with Gasteiger partial charge < -0.3 is 4.55 Å². The van der Waals surface area contributed by atoms with Gasteiger partial charge in [0.05, 0.1) is 15.9 Å². The van der Waals surface area contributed by atoms with Gasteiger partial charge in [0, 0.05) is 6.07 Å². The Hall–Kier alpha value is -1.27. The number of hydrogen-bond acceptors (Lipinski definition) is 7. The Balaban J connectivity index is 0.00000289. The quantitative estimate of drug-likeness (QED) is 0.274. The van der Waals surface area contributed by atoms with Crippen LogP contribution in [0.2, 0.25) is 0 Å². The average molecular weight is 285 g/mol. The molecule has 18 heavy (non-hydrogen) atoms. The fourth-order valence-electron chi connectivity index (χ4n) is 1.01. The van der Waals surface area contributed by atoms with Crippen LogP contribution >= 0.6 is 0 Å². The number of hydrogen-bond donors (Lipinski definition) is 1. The smallest absolute Gasteiger partial charge is 0.731 e. The summed E-state index contributed by atoms with van der Waals surface area (Å²) in [4.78, 5) is 19.0. The molecule has 10 nitrogen and oxygen atoms in total. The standard InChI is InChI=1S/C6H5N3O7S.Na/c10-8(11)4-1-2-5(7-17(14,15)16)6(3-4)9(12)13;/h1-3,7H,(H,14,15,16);/q;+1/p-1. The van der Waals surface area contributed by atoms with Crippen molar-refractivity contribution >= 4 is 27.4 Å². The predicted octanol–water partition coefficient (Wildman–Crippen LogP) is -2.62. The maximum atomic E-state index is 10.5. The molecular formula is C6H4N3NaO7S. The van der Waals surface area contributed by atoms with Gasteiger partial charge in [-0.05, 0) is 6.07 Å². The third-order valence-electron chi connectivity index (χ3n) is 1.62. The van der Waals surface area contributed by atoms with Crippen LogP contribution in [0.15, 0.2) is 18.2 Å². The van der Waals surface area contributed by atoms with Crippen LogP contribution in [-0.2, 0) is 10.3 Å². The van der Waals surface area contributed by atoms with E-state index in [2.05, 4.69) is 0 Å². The van der Waals surface area contributed by atoms with Crippen molar-refractivity contribution in [1.82, 2.24) is 0 Å². The van der Waals surface area contributed by atoms with Gasteiger partial charge in [0.1, 0.15) is 5.69 Å². The SMILES string of the molecule is O=[N+]([O-])c1ccc(NS(=O)(=O)[O-])c([N+](=O)[O-])c1.[Na+]. The molecule has 0 heterocycles. The summed E-state index contributed by atoms with van der Waals surface area (Å²) in [5.41, 5.74) is -2.10. The van der Waals surface area contributed by atoms with Crippen molar-refractivity contribution < 1.29 is 52.4 Å². The molecule has 0 unspecified atom stereocenters. The maximum absolute atomic E-state index is 10.5. The van der Waals surface area contributed by atoms with Crippen LogP contribution in [0.5, 0.6) is 0 Å². The van der Waals surface area contributed by atoms with Crippen LogP contribution in [0.3, 0.4) is 0 Å². The van der Waals surface area contributed by atoms with Gasteiger partial charge in [-0.25, -0.2) is 8.42 Å². The van der Waals surface area contributed by atoms with Gasteiger partial charge >= 0.3 is 29.6 Å². The molecule has 0 radical (unpaired) electrons. The fourth-order valence-corrected chi connectivity index (χ4v) is 1.45. The predicted molar refractivity (Wildman–Crippen MR) is 53.1 cm³/mol. The molecule has 1 N–H and O–H groups in total. The molecule has 1 aromatic carbocycles. The molecule has 0 saturated heterocycles. The molecule has 0 fully saturated rings. The second-order valence-electron chi connectivity index (χ2n) is 2.77. The van der Waals surface area contributed by atoms with Crippen LogP contribution < -0.4 is 34.3 Å². The number of nitro benzene ring substituents is 2. The summed E-state index contributed by atoms with van der Waals surface area (Å²) in [6.45, 7) is 0. The van der Waals surface area contributed by atoms with E-state index in [-0.39, 0.29) is 29.6 Å². The zero-order chi connectivity index (χ0) is 13.2. The molecule has 0 aromatic heterocycles. The van der Waals surface area contributed by atoms with Crippen LogP contribution in [0.1, 0.15) is 0 Å². The monoisotopic (exact) mass is 285 g/mol. The Kier molecular flexibility index (Phi) is 5.63. The zero-order valence-corrected chi connectivity index (χ0v) is 11.7. The third kappa shape index (κ3) is 4.54. The number of benzene rings is 1. The summed E-state index contributed by atoms with van der Waals surface area (Å²) >= 11 is 0. The number of rotatable bonds is 4. The van der Waals surface area contributed by atoms with Crippen molar-refractivity contribution in [2.75, 3.05) is 4.72 Å². The first-order valence-corrected chi connectivity index (χ1v) is 5.28. The molecule has 0 saturated carbocycles. The number of non-ortho nitro benzene ring substituents is 1. The van der Waals surface area contributed by atoms with Crippen LogP contribution in [0.25, 0.3) is 0 Å². The summed E-state index contributed by atoms with van der Waals surface area (Å²) in [6, 6.07) is 2.15. The molecule has 0 bridgehead atoms. The summed E-state index contributed by atoms with van der Waals surface area (Å²) in [7, 11) is -4.94. The van der Waals surface area contributed by atoms with Crippen molar-refractivity contribution in [1.29, 1.82) is 0 Å². The number of nitrogens with one attached hydrogen (secondary N) is 1. The van der Waals surface area contributed by atoms with Crippen LogP contribution in [0, 0.1) is 20.2 Å². The molecule has 0 amide bonds. The van der Waals surface area contributed by atoms with E-state index < -0.39 is 37.2 Å². The minimum Gasteiger partial charge on any atom is -0.731 e. The van der Waals surface area contributed by atoms with E-state index in [1.807, 2.05) is 0 Å². The van der Waals surface area contributed by atoms with E-state index in [0.717, 1.165) is 12.1 Å². The summed E-state index contributed by atoms with van der Waals surface area (Å²) in [5, 5.41) is 20.9. The first-order valence-electron chi connectivity index (χ1n) is 3.87. The molecule has 0 atom stereocenters. The molecule has 0 spiro atoms. The average Bonchev–Trinajstić information content (AvgIpc) is 2.14. The first kappa shape index (κ1) is 16.7. The largest absolute Gasteiger partial charge is 1.00 e. The van der Waals surface area contributed by atoms with Crippen molar-refractivity contribution in [2.45, 2.75) is 0 Å². The van der Waals surface area contributed by atoms with E-state index >= 15 is 0 Å². The third-order valence-corrected chi connectivity index (χ3v) is 2.09. The van der Waals surface area contributed by atoms with E-state index in [9.17, 15) is 33.2 Å². The molecule has 0 aliphatic heterocycles. The second-order valence-corrected chi connectivity index (χ2v) is 3.88. The fraction of sp³-hybridized carbons (Fsp3) is 0. The summed E-state index contributed by atoms with van der Waals surface area (Å²) in [5.74, 6) is 0. The molecule has 0 aliphatic rings. The Labute approximate surface area is 122 Å². The molecule has 1 rings (SSSR count). The van der Waals surface area contributed by atoms with Gasteiger partial charge in [-0.3, -0.25) is 25.0 Å².